The first-order valence-corrected chi connectivity index (χ1v) is 10.8. The van der Waals surface area contributed by atoms with Crippen molar-refractivity contribution < 1.29 is 9.66 Å². The van der Waals surface area contributed by atoms with Crippen molar-refractivity contribution in [3.63, 3.8) is 0 Å². The van der Waals surface area contributed by atoms with Crippen molar-refractivity contribution in [2.45, 2.75) is 6.04 Å². The Kier molecular flexibility index (Phi) is 5.29. The Morgan fingerprint density at radius 2 is 1.97 bits per heavy atom. The lowest BCUT2D eigenvalue weighted by Crippen LogP contribution is -2.57. The molecule has 174 valence electrons. The molecule has 1 fully saturated rings. The normalized spacial score (nSPS) is 13.9. The Morgan fingerprint density at radius 3 is 2.68 bits per heavy atom. The van der Waals surface area contributed by atoms with Crippen LogP contribution in [0.3, 0.4) is 0 Å². The number of fused-ring (bicyclic) bond motifs is 1. The second-order valence-electron chi connectivity index (χ2n) is 8.56. The minimum atomic E-state index is -0.356. The number of benzene rings is 2. The van der Waals surface area contributed by atoms with Gasteiger partial charge in [0, 0.05) is 71.3 Å². The monoisotopic (exact) mass is 459 g/mol. The van der Waals surface area contributed by atoms with Gasteiger partial charge in [-0.3, -0.25) is 10.1 Å². The molecule has 2 aromatic carbocycles. The molecule has 10 heteroatoms. The van der Waals surface area contributed by atoms with E-state index in [1.807, 2.05) is 49.5 Å². The van der Waals surface area contributed by atoms with Crippen LogP contribution in [0.1, 0.15) is 0 Å². The first-order chi connectivity index (χ1) is 16.4. The number of anilines is 2. The number of nitro groups is 1. The summed E-state index contributed by atoms with van der Waals surface area (Å²) in [7, 11) is 5.57. The summed E-state index contributed by atoms with van der Waals surface area (Å²) in [5.41, 5.74) is 9.96. The summed E-state index contributed by atoms with van der Waals surface area (Å²) in [5, 5.41) is 13.0. The maximum absolute atomic E-state index is 12.1. The van der Waals surface area contributed by atoms with Gasteiger partial charge in [0.25, 0.3) is 5.69 Å². The van der Waals surface area contributed by atoms with Crippen molar-refractivity contribution in [2.75, 3.05) is 44.9 Å². The summed E-state index contributed by atoms with van der Waals surface area (Å²) in [6.45, 7) is 1.42. The van der Waals surface area contributed by atoms with E-state index < -0.39 is 0 Å². The molecule has 0 radical (unpaired) electrons. The molecule has 0 spiro atoms. The van der Waals surface area contributed by atoms with Crippen LogP contribution in [0.4, 0.5) is 17.3 Å². The van der Waals surface area contributed by atoms with Gasteiger partial charge in [-0.05, 0) is 20.2 Å². The van der Waals surface area contributed by atoms with Gasteiger partial charge < -0.3 is 25.3 Å². The molecule has 2 aromatic heterocycles. The molecule has 10 nitrogen and oxygen atoms in total. The Balaban J connectivity index is 1.68. The Bertz CT molecular complexity index is 1390. The van der Waals surface area contributed by atoms with Crippen LogP contribution in [0.15, 0.2) is 48.8 Å². The number of hydrogen-bond donors (Lipinski definition) is 2. The lowest BCUT2D eigenvalue weighted by molar-refractivity contribution is -0.384. The number of ether oxygens (including phenoxy) is 1. The zero-order valence-electron chi connectivity index (χ0n) is 19.1. The molecule has 5 rings (SSSR count). The van der Waals surface area contributed by atoms with Crippen LogP contribution < -0.4 is 15.4 Å². The van der Waals surface area contributed by atoms with Crippen molar-refractivity contribution >= 4 is 28.2 Å². The van der Waals surface area contributed by atoms with Crippen LogP contribution in [0.5, 0.6) is 5.75 Å². The van der Waals surface area contributed by atoms with Crippen molar-refractivity contribution in [3.05, 3.63) is 58.9 Å². The largest absolute Gasteiger partial charge is 0.496 e. The maximum Gasteiger partial charge on any atom is 0.293 e. The second kappa shape index (κ2) is 8.31. The van der Waals surface area contributed by atoms with E-state index in [0.29, 0.717) is 47.4 Å². The van der Waals surface area contributed by atoms with Gasteiger partial charge in [0.1, 0.15) is 11.4 Å². The molecule has 4 aromatic rings. The highest BCUT2D eigenvalue weighted by molar-refractivity contribution is 5.99. The van der Waals surface area contributed by atoms with Gasteiger partial charge in [0.2, 0.25) is 5.95 Å². The Morgan fingerprint density at radius 1 is 1.21 bits per heavy atom. The number of methoxy groups -OCH3 is 1. The minimum Gasteiger partial charge on any atom is -0.496 e. The molecule has 1 saturated heterocycles. The quantitative estimate of drug-likeness (QED) is 0.331. The third-order valence-electron chi connectivity index (χ3n) is 6.37. The van der Waals surface area contributed by atoms with E-state index in [4.69, 9.17) is 10.5 Å². The number of rotatable bonds is 6. The number of likely N-dealkylation sites (N-methyl/N-ethyl adjacent to an activating group) is 1. The van der Waals surface area contributed by atoms with E-state index in [-0.39, 0.29) is 16.6 Å². The molecular formula is C24H25N7O3. The summed E-state index contributed by atoms with van der Waals surface area (Å²) in [6.07, 6.45) is 3.44. The van der Waals surface area contributed by atoms with Crippen molar-refractivity contribution in [2.24, 2.45) is 0 Å². The summed E-state index contributed by atoms with van der Waals surface area (Å²) >= 11 is 0. The lowest BCUT2D eigenvalue weighted by Gasteiger charge is -2.44. The zero-order chi connectivity index (χ0) is 24.0. The van der Waals surface area contributed by atoms with Crippen LogP contribution in [-0.2, 0) is 0 Å². The molecule has 0 saturated carbocycles. The second-order valence-corrected chi connectivity index (χ2v) is 8.56. The van der Waals surface area contributed by atoms with Crippen LogP contribution in [0.25, 0.3) is 33.3 Å². The third-order valence-corrected chi connectivity index (χ3v) is 6.37. The van der Waals surface area contributed by atoms with Crippen molar-refractivity contribution in [1.82, 2.24) is 19.9 Å². The molecule has 0 amide bonds. The average molecular weight is 460 g/mol. The van der Waals surface area contributed by atoms with E-state index in [1.165, 1.54) is 0 Å². The van der Waals surface area contributed by atoms with Crippen LogP contribution in [-0.4, -0.2) is 65.1 Å². The average Bonchev–Trinajstić information content (AvgIpc) is 3.21. The van der Waals surface area contributed by atoms with E-state index in [1.54, 1.807) is 25.4 Å². The number of nitrogens with two attached hydrogens (primary N) is 1. The third kappa shape index (κ3) is 3.57. The molecule has 0 bridgehead atoms. The number of nitrogens with one attached hydrogen (secondary N) is 1. The number of aromatic nitrogens is 3. The summed E-state index contributed by atoms with van der Waals surface area (Å²) in [6, 6.07) is 11.5. The van der Waals surface area contributed by atoms with Gasteiger partial charge in [-0.25, -0.2) is 9.97 Å². The van der Waals surface area contributed by atoms with Crippen LogP contribution >= 0.6 is 0 Å². The number of nitrogen functional groups attached to an aromatic ring is 1. The smallest absolute Gasteiger partial charge is 0.293 e. The highest BCUT2D eigenvalue weighted by Crippen LogP contribution is 2.44. The predicted molar refractivity (Wildman–Crippen MR) is 132 cm³/mol. The minimum absolute atomic E-state index is 0.00899. The summed E-state index contributed by atoms with van der Waals surface area (Å²) in [5.74, 6) is 0.618. The number of aromatic amines is 1. The molecule has 34 heavy (non-hydrogen) atoms. The summed E-state index contributed by atoms with van der Waals surface area (Å²) in [4.78, 5) is 27.8. The van der Waals surface area contributed by atoms with Gasteiger partial charge in [-0.15, -0.1) is 0 Å². The van der Waals surface area contributed by atoms with E-state index in [9.17, 15) is 10.1 Å². The fraction of sp³-hybridized carbons (Fsp3) is 0.250. The fourth-order valence-corrected chi connectivity index (χ4v) is 4.38. The molecular weight excluding hydrogens is 434 g/mol. The van der Waals surface area contributed by atoms with E-state index in [2.05, 4.69) is 19.9 Å². The highest BCUT2D eigenvalue weighted by Gasteiger charge is 2.34. The molecule has 3 N–H and O–H groups in total. The van der Waals surface area contributed by atoms with Gasteiger partial charge in [0.15, 0.2) is 0 Å². The first kappa shape index (κ1) is 21.7. The van der Waals surface area contributed by atoms with E-state index >= 15 is 0 Å². The number of para-hydroxylation sites is 1. The molecule has 1 aliphatic heterocycles. The maximum atomic E-state index is 12.1. The molecule has 0 aliphatic carbocycles. The highest BCUT2D eigenvalue weighted by atomic mass is 16.6. The zero-order valence-corrected chi connectivity index (χ0v) is 19.1. The first-order valence-electron chi connectivity index (χ1n) is 10.8. The Hall–Kier alpha value is -4.18. The molecule has 3 heterocycles. The van der Waals surface area contributed by atoms with Crippen LogP contribution in [0, 0.1) is 10.1 Å². The van der Waals surface area contributed by atoms with Crippen molar-refractivity contribution in [1.29, 1.82) is 0 Å². The topological polar surface area (TPSA) is 126 Å². The molecule has 0 unspecified atom stereocenters. The van der Waals surface area contributed by atoms with Gasteiger partial charge in [-0.1, -0.05) is 18.2 Å². The molecule has 1 aliphatic rings. The fourth-order valence-electron chi connectivity index (χ4n) is 4.38. The van der Waals surface area contributed by atoms with Gasteiger partial charge in [-0.2, -0.15) is 0 Å². The Labute approximate surface area is 196 Å². The summed E-state index contributed by atoms with van der Waals surface area (Å²) < 4.78 is 5.70. The number of nitro benzene ring substituents is 1. The van der Waals surface area contributed by atoms with Gasteiger partial charge in [0.05, 0.1) is 17.7 Å². The lowest BCUT2D eigenvalue weighted by atomic mass is 9.97. The standard InChI is InChI=1S/C24H25N7O3/c1-29(2)14-12-30(13-14)20-9-22(34-3)16(8-21(20)31(32)33)18-11-27-24(25)28-23(18)17-10-26-19-7-5-4-6-15(17)19/h4-11,14,26H,12-13H2,1-3H3,(H2,25,27,28). The number of nitrogens with zero attached hydrogens (tertiary/aromatic N) is 5. The SMILES string of the molecule is COc1cc(N2CC(N(C)C)C2)c([N+](=O)[O-])cc1-c1cnc(N)nc1-c1c[nH]c2ccccc12. The van der Waals surface area contributed by atoms with Crippen LogP contribution in [0.2, 0.25) is 0 Å². The number of hydrogen-bond acceptors (Lipinski definition) is 8. The van der Waals surface area contributed by atoms with E-state index in [0.717, 1.165) is 16.5 Å². The number of H-pyrrole nitrogens is 1. The van der Waals surface area contributed by atoms with Crippen molar-refractivity contribution in [3.8, 4) is 28.1 Å². The predicted octanol–water partition coefficient (Wildman–Crippen LogP) is 3.54. The molecule has 0 atom stereocenters. The van der Waals surface area contributed by atoms with Gasteiger partial charge >= 0.3 is 0 Å².